The molecule has 1 heterocycles. The van der Waals surface area contributed by atoms with E-state index in [4.69, 9.17) is 4.74 Å². The molecule has 1 aromatic carbocycles. The monoisotopic (exact) mass is 301 g/mol. The quantitative estimate of drug-likeness (QED) is 0.829. The SMILES string of the molecule is CC(C)C(C)c1ccc(N2CCOC(C(F)(F)F)C2)cc1. The van der Waals surface area contributed by atoms with Gasteiger partial charge in [-0.25, -0.2) is 0 Å². The zero-order valence-corrected chi connectivity index (χ0v) is 12.7. The fourth-order valence-electron chi connectivity index (χ4n) is 2.46. The molecule has 5 heteroatoms. The Hall–Kier alpha value is -1.23. The van der Waals surface area contributed by atoms with E-state index in [1.165, 1.54) is 5.56 Å². The highest BCUT2D eigenvalue weighted by molar-refractivity contribution is 5.48. The Kier molecular flexibility index (Phi) is 4.81. The van der Waals surface area contributed by atoms with E-state index in [9.17, 15) is 13.2 Å². The second kappa shape index (κ2) is 6.26. The summed E-state index contributed by atoms with van der Waals surface area (Å²) in [6, 6.07) is 7.84. The van der Waals surface area contributed by atoms with Gasteiger partial charge in [0.05, 0.1) is 13.2 Å². The highest BCUT2D eigenvalue weighted by atomic mass is 19.4. The van der Waals surface area contributed by atoms with Crippen molar-refractivity contribution in [3.63, 3.8) is 0 Å². The summed E-state index contributed by atoms with van der Waals surface area (Å²) < 4.78 is 43.0. The summed E-state index contributed by atoms with van der Waals surface area (Å²) in [7, 11) is 0. The first-order chi connectivity index (χ1) is 9.79. The lowest BCUT2D eigenvalue weighted by molar-refractivity contribution is -0.221. The standard InChI is InChI=1S/C16H22F3NO/c1-11(2)12(3)13-4-6-14(7-5-13)20-8-9-21-15(10-20)16(17,18)19/h4-7,11-12,15H,8-10H2,1-3H3. The minimum atomic E-state index is -4.30. The van der Waals surface area contributed by atoms with E-state index in [1.807, 2.05) is 24.3 Å². The zero-order valence-electron chi connectivity index (χ0n) is 12.7. The maximum Gasteiger partial charge on any atom is 0.416 e. The van der Waals surface area contributed by atoms with Gasteiger partial charge in [0.15, 0.2) is 6.10 Å². The molecular formula is C16H22F3NO. The van der Waals surface area contributed by atoms with Gasteiger partial charge in [-0.3, -0.25) is 0 Å². The first kappa shape index (κ1) is 16.1. The van der Waals surface area contributed by atoms with Crippen molar-refractivity contribution in [3.05, 3.63) is 29.8 Å². The van der Waals surface area contributed by atoms with E-state index in [1.54, 1.807) is 4.90 Å². The summed E-state index contributed by atoms with van der Waals surface area (Å²) in [5.41, 5.74) is 2.04. The first-order valence-corrected chi connectivity index (χ1v) is 7.32. The number of anilines is 1. The summed E-state index contributed by atoms with van der Waals surface area (Å²) in [6.07, 6.45) is -5.99. The maximum absolute atomic E-state index is 12.7. The molecule has 0 saturated carbocycles. The molecule has 1 saturated heterocycles. The molecule has 0 radical (unpaired) electrons. The van der Waals surface area contributed by atoms with Crippen LogP contribution in [0, 0.1) is 5.92 Å². The van der Waals surface area contributed by atoms with Crippen LogP contribution in [0.2, 0.25) is 0 Å². The molecule has 1 aliphatic heterocycles. The summed E-state index contributed by atoms with van der Waals surface area (Å²) >= 11 is 0. The third kappa shape index (κ3) is 3.90. The van der Waals surface area contributed by atoms with Gasteiger partial charge in [0.25, 0.3) is 0 Å². The van der Waals surface area contributed by atoms with Gasteiger partial charge >= 0.3 is 6.18 Å². The van der Waals surface area contributed by atoms with E-state index in [-0.39, 0.29) is 13.2 Å². The lowest BCUT2D eigenvalue weighted by Crippen LogP contribution is -2.49. The minimum absolute atomic E-state index is 0.105. The Balaban J connectivity index is 2.08. The van der Waals surface area contributed by atoms with Crippen molar-refractivity contribution in [2.45, 2.75) is 39.0 Å². The molecule has 0 spiro atoms. The van der Waals surface area contributed by atoms with Crippen molar-refractivity contribution >= 4 is 5.69 Å². The van der Waals surface area contributed by atoms with Crippen molar-refractivity contribution in [2.24, 2.45) is 5.92 Å². The fraction of sp³-hybridized carbons (Fsp3) is 0.625. The molecule has 2 unspecified atom stereocenters. The molecule has 0 bridgehead atoms. The summed E-state index contributed by atoms with van der Waals surface area (Å²) in [4.78, 5) is 1.74. The van der Waals surface area contributed by atoms with Crippen LogP contribution < -0.4 is 4.90 Å². The average molecular weight is 301 g/mol. The van der Waals surface area contributed by atoms with E-state index in [0.29, 0.717) is 18.4 Å². The lowest BCUT2D eigenvalue weighted by atomic mass is 9.90. The third-order valence-corrected chi connectivity index (χ3v) is 4.22. The Bertz CT molecular complexity index is 456. The zero-order chi connectivity index (χ0) is 15.6. The highest BCUT2D eigenvalue weighted by Gasteiger charge is 2.43. The van der Waals surface area contributed by atoms with Crippen LogP contribution >= 0.6 is 0 Å². The highest BCUT2D eigenvalue weighted by Crippen LogP contribution is 2.29. The summed E-state index contributed by atoms with van der Waals surface area (Å²) in [5, 5.41) is 0. The third-order valence-electron chi connectivity index (χ3n) is 4.22. The smallest absolute Gasteiger partial charge is 0.366 e. The molecule has 0 N–H and O–H groups in total. The van der Waals surface area contributed by atoms with Crippen LogP contribution in [-0.4, -0.2) is 32.0 Å². The largest absolute Gasteiger partial charge is 0.416 e. The Labute approximate surface area is 123 Å². The van der Waals surface area contributed by atoms with Crippen LogP contribution in [0.1, 0.15) is 32.3 Å². The van der Waals surface area contributed by atoms with Crippen LogP contribution in [0.25, 0.3) is 0 Å². The number of hydrogen-bond acceptors (Lipinski definition) is 2. The average Bonchev–Trinajstić information content (AvgIpc) is 2.46. The number of halogens is 3. The molecule has 2 nitrogen and oxygen atoms in total. The van der Waals surface area contributed by atoms with Gasteiger partial charge in [-0.1, -0.05) is 32.9 Å². The van der Waals surface area contributed by atoms with Gasteiger partial charge in [0, 0.05) is 12.2 Å². The molecular weight excluding hydrogens is 279 g/mol. The van der Waals surface area contributed by atoms with Gasteiger partial charge in [-0.15, -0.1) is 0 Å². The van der Waals surface area contributed by atoms with E-state index in [2.05, 4.69) is 20.8 Å². The Morgan fingerprint density at radius 3 is 2.29 bits per heavy atom. The second-order valence-electron chi connectivity index (χ2n) is 5.97. The van der Waals surface area contributed by atoms with Crippen LogP contribution in [0.15, 0.2) is 24.3 Å². The molecule has 2 atom stereocenters. The second-order valence-corrected chi connectivity index (χ2v) is 5.97. The number of morpholine rings is 1. The molecule has 118 valence electrons. The number of nitrogens with zero attached hydrogens (tertiary/aromatic N) is 1. The van der Waals surface area contributed by atoms with Crippen molar-refractivity contribution < 1.29 is 17.9 Å². The van der Waals surface area contributed by atoms with Crippen molar-refractivity contribution in [1.29, 1.82) is 0 Å². The predicted molar refractivity (Wildman–Crippen MR) is 77.7 cm³/mol. The first-order valence-electron chi connectivity index (χ1n) is 7.32. The molecule has 0 aliphatic carbocycles. The topological polar surface area (TPSA) is 12.5 Å². The maximum atomic E-state index is 12.7. The van der Waals surface area contributed by atoms with Gasteiger partial charge in [-0.05, 0) is 29.5 Å². The fourth-order valence-corrected chi connectivity index (χ4v) is 2.46. The van der Waals surface area contributed by atoms with Crippen LogP contribution in [0.5, 0.6) is 0 Å². The number of ether oxygens (including phenoxy) is 1. The van der Waals surface area contributed by atoms with Crippen LogP contribution in [0.3, 0.4) is 0 Å². The number of alkyl halides is 3. The van der Waals surface area contributed by atoms with Gasteiger partial charge < -0.3 is 9.64 Å². The number of hydrogen-bond donors (Lipinski definition) is 0. The minimum Gasteiger partial charge on any atom is -0.366 e. The lowest BCUT2D eigenvalue weighted by Gasteiger charge is -2.35. The van der Waals surface area contributed by atoms with Gasteiger partial charge in [0.1, 0.15) is 0 Å². The molecule has 21 heavy (non-hydrogen) atoms. The molecule has 2 rings (SSSR count). The Morgan fingerprint density at radius 2 is 1.76 bits per heavy atom. The number of benzene rings is 1. The molecule has 0 aromatic heterocycles. The number of rotatable bonds is 3. The van der Waals surface area contributed by atoms with E-state index < -0.39 is 12.3 Å². The predicted octanol–water partition coefficient (Wildman–Crippen LogP) is 4.21. The normalized spacial score (nSPS) is 21.7. The van der Waals surface area contributed by atoms with Gasteiger partial charge in [-0.2, -0.15) is 13.2 Å². The molecule has 1 aliphatic rings. The molecule has 1 aromatic rings. The van der Waals surface area contributed by atoms with Crippen LogP contribution in [-0.2, 0) is 4.74 Å². The van der Waals surface area contributed by atoms with Crippen molar-refractivity contribution in [1.82, 2.24) is 0 Å². The van der Waals surface area contributed by atoms with E-state index in [0.717, 1.165) is 5.69 Å². The van der Waals surface area contributed by atoms with Crippen LogP contribution in [0.4, 0.5) is 18.9 Å². The Morgan fingerprint density at radius 1 is 1.14 bits per heavy atom. The molecule has 0 amide bonds. The summed E-state index contributed by atoms with van der Waals surface area (Å²) in [5.74, 6) is 0.973. The van der Waals surface area contributed by atoms with Crippen molar-refractivity contribution in [2.75, 3.05) is 24.6 Å². The molecule has 1 fully saturated rings. The summed E-state index contributed by atoms with van der Waals surface area (Å²) in [6.45, 7) is 6.94. The van der Waals surface area contributed by atoms with E-state index >= 15 is 0 Å². The van der Waals surface area contributed by atoms with Gasteiger partial charge in [0.2, 0.25) is 0 Å². The van der Waals surface area contributed by atoms with Crippen molar-refractivity contribution in [3.8, 4) is 0 Å².